The Kier molecular flexibility index (Phi) is 5.68. The molecular formula is C20H19BrN2O2. The quantitative estimate of drug-likeness (QED) is 0.425. The number of allylic oxidation sites excluding steroid dienone is 2. The Morgan fingerprint density at radius 3 is 2.36 bits per heavy atom. The third-order valence-corrected chi connectivity index (χ3v) is 4.78. The van der Waals surface area contributed by atoms with Crippen LogP contribution in [-0.4, -0.2) is 27.7 Å². The lowest BCUT2D eigenvalue weighted by Crippen LogP contribution is -2.18. The van der Waals surface area contributed by atoms with Gasteiger partial charge in [-0.05, 0) is 34.9 Å². The predicted molar refractivity (Wildman–Crippen MR) is 102 cm³/mol. The van der Waals surface area contributed by atoms with E-state index in [1.807, 2.05) is 36.4 Å². The molecule has 1 unspecified atom stereocenters. The van der Waals surface area contributed by atoms with Crippen LogP contribution in [0.5, 0.6) is 0 Å². The van der Waals surface area contributed by atoms with E-state index < -0.39 is 0 Å². The van der Waals surface area contributed by atoms with Gasteiger partial charge in [-0.15, -0.1) is 0 Å². The van der Waals surface area contributed by atoms with Crippen LogP contribution < -0.4 is 0 Å². The molecule has 3 rings (SSSR count). The van der Waals surface area contributed by atoms with E-state index in [4.69, 9.17) is 0 Å². The van der Waals surface area contributed by atoms with Crippen molar-refractivity contribution in [2.45, 2.75) is 12.3 Å². The van der Waals surface area contributed by atoms with Crippen LogP contribution in [0.25, 0.3) is 0 Å². The average molecular weight is 399 g/mol. The van der Waals surface area contributed by atoms with Gasteiger partial charge in [-0.3, -0.25) is 10.3 Å². The number of benzene rings is 2. The molecule has 0 saturated carbocycles. The van der Waals surface area contributed by atoms with Crippen LogP contribution in [0.1, 0.15) is 23.5 Å². The van der Waals surface area contributed by atoms with Crippen LogP contribution in [0.3, 0.4) is 0 Å². The van der Waals surface area contributed by atoms with Crippen LogP contribution >= 0.6 is 15.9 Å². The molecule has 1 aliphatic heterocycles. The smallest absolute Gasteiger partial charge is 0.0875 e. The molecular weight excluding hydrogens is 380 g/mol. The van der Waals surface area contributed by atoms with Crippen molar-refractivity contribution in [3.8, 4) is 0 Å². The standard InChI is InChI=1S/C20H19BrN2O2/c21-18-8-6-16(7-9-18)19(15-4-2-1-3-5-15)14-20(22-24)17-10-12-23(25)13-11-17/h1-12,19,24-25H,13-14H2/b22-20+. The van der Waals surface area contributed by atoms with Gasteiger partial charge in [0, 0.05) is 23.0 Å². The minimum Gasteiger partial charge on any atom is -0.411 e. The van der Waals surface area contributed by atoms with E-state index in [0.717, 1.165) is 26.2 Å². The number of nitrogens with zero attached hydrogens (tertiary/aromatic N) is 2. The molecule has 4 nitrogen and oxygen atoms in total. The second kappa shape index (κ2) is 8.14. The van der Waals surface area contributed by atoms with E-state index in [-0.39, 0.29) is 5.92 Å². The van der Waals surface area contributed by atoms with Crippen molar-refractivity contribution in [2.75, 3.05) is 6.54 Å². The molecule has 1 heterocycles. The topological polar surface area (TPSA) is 56.1 Å². The number of hydroxylamine groups is 2. The van der Waals surface area contributed by atoms with Gasteiger partial charge in [-0.2, -0.15) is 0 Å². The van der Waals surface area contributed by atoms with Gasteiger partial charge < -0.3 is 5.21 Å². The lowest BCUT2D eigenvalue weighted by molar-refractivity contribution is -0.0304. The molecule has 0 bridgehead atoms. The maximum Gasteiger partial charge on any atom is 0.0875 e. The zero-order valence-electron chi connectivity index (χ0n) is 13.6. The van der Waals surface area contributed by atoms with Crippen LogP contribution in [0.2, 0.25) is 0 Å². The fraction of sp³-hybridized carbons (Fsp3) is 0.150. The normalized spacial score (nSPS) is 15.8. The molecule has 2 aromatic rings. The predicted octanol–water partition coefficient (Wildman–Crippen LogP) is 4.95. The molecule has 2 N–H and O–H groups in total. The molecule has 25 heavy (non-hydrogen) atoms. The number of hydrogen-bond acceptors (Lipinski definition) is 4. The van der Waals surface area contributed by atoms with Crippen molar-refractivity contribution in [2.24, 2.45) is 5.16 Å². The first kappa shape index (κ1) is 17.5. The zero-order chi connectivity index (χ0) is 17.6. The van der Waals surface area contributed by atoms with Crippen molar-refractivity contribution >= 4 is 21.6 Å². The summed E-state index contributed by atoms with van der Waals surface area (Å²) in [5.74, 6) is 0.0710. The average Bonchev–Trinajstić information content (AvgIpc) is 2.65. The van der Waals surface area contributed by atoms with E-state index >= 15 is 0 Å². The van der Waals surface area contributed by atoms with Crippen molar-refractivity contribution in [3.63, 3.8) is 0 Å². The van der Waals surface area contributed by atoms with E-state index in [0.29, 0.717) is 18.7 Å². The number of rotatable bonds is 5. The summed E-state index contributed by atoms with van der Waals surface area (Å²) in [6.45, 7) is 0.374. The fourth-order valence-electron chi connectivity index (χ4n) is 2.92. The minimum atomic E-state index is 0.0710. The number of oxime groups is 1. The van der Waals surface area contributed by atoms with Crippen molar-refractivity contribution in [1.29, 1.82) is 0 Å². The highest BCUT2D eigenvalue weighted by atomic mass is 79.9. The maximum absolute atomic E-state index is 9.56. The molecule has 1 aliphatic rings. The van der Waals surface area contributed by atoms with Gasteiger partial charge in [0.05, 0.1) is 12.3 Å². The third kappa shape index (κ3) is 4.38. The molecule has 0 spiro atoms. The van der Waals surface area contributed by atoms with Gasteiger partial charge in [0.15, 0.2) is 0 Å². The molecule has 0 saturated heterocycles. The SMILES string of the molecule is O/N=C(\CC(c1ccccc1)c1ccc(Br)cc1)C1=CCN(O)C=C1. The van der Waals surface area contributed by atoms with Gasteiger partial charge >= 0.3 is 0 Å². The molecule has 0 aromatic heterocycles. The van der Waals surface area contributed by atoms with E-state index in [2.05, 4.69) is 45.4 Å². The van der Waals surface area contributed by atoms with Crippen LogP contribution in [0.15, 0.2) is 88.2 Å². The van der Waals surface area contributed by atoms with E-state index in [1.54, 1.807) is 12.3 Å². The molecule has 2 aromatic carbocycles. The van der Waals surface area contributed by atoms with E-state index in [1.165, 1.54) is 0 Å². The Morgan fingerprint density at radius 2 is 1.76 bits per heavy atom. The summed E-state index contributed by atoms with van der Waals surface area (Å²) in [6, 6.07) is 18.4. The first-order valence-corrected chi connectivity index (χ1v) is 8.82. The van der Waals surface area contributed by atoms with Crippen molar-refractivity contribution < 1.29 is 10.4 Å². The van der Waals surface area contributed by atoms with Gasteiger partial charge in [0.1, 0.15) is 0 Å². The second-order valence-corrected chi connectivity index (χ2v) is 6.78. The highest BCUT2D eigenvalue weighted by molar-refractivity contribution is 9.10. The molecule has 0 radical (unpaired) electrons. The Morgan fingerprint density at radius 1 is 1.08 bits per heavy atom. The molecule has 128 valence electrons. The molecule has 1 atom stereocenters. The molecule has 5 heteroatoms. The summed E-state index contributed by atoms with van der Waals surface area (Å²) in [7, 11) is 0. The van der Waals surface area contributed by atoms with Gasteiger partial charge in [-0.25, -0.2) is 0 Å². The maximum atomic E-state index is 9.56. The first-order chi connectivity index (χ1) is 12.2. The summed E-state index contributed by atoms with van der Waals surface area (Å²) >= 11 is 3.47. The highest BCUT2D eigenvalue weighted by Gasteiger charge is 2.20. The highest BCUT2D eigenvalue weighted by Crippen LogP contribution is 2.31. The molecule has 0 fully saturated rings. The number of hydrogen-bond donors (Lipinski definition) is 2. The van der Waals surface area contributed by atoms with Gasteiger partial charge in [0.25, 0.3) is 0 Å². The Hall–Kier alpha value is -2.37. The van der Waals surface area contributed by atoms with Crippen LogP contribution in [0.4, 0.5) is 0 Å². The minimum absolute atomic E-state index is 0.0710. The van der Waals surface area contributed by atoms with Gasteiger partial charge in [-0.1, -0.05) is 69.6 Å². The Bertz CT molecular complexity index is 798. The monoisotopic (exact) mass is 398 g/mol. The van der Waals surface area contributed by atoms with E-state index in [9.17, 15) is 10.4 Å². The Balaban J connectivity index is 1.92. The largest absolute Gasteiger partial charge is 0.411 e. The van der Waals surface area contributed by atoms with Gasteiger partial charge in [0.2, 0.25) is 0 Å². The lowest BCUT2D eigenvalue weighted by atomic mass is 9.85. The van der Waals surface area contributed by atoms with Crippen LogP contribution in [0, 0.1) is 0 Å². The summed E-state index contributed by atoms with van der Waals surface area (Å²) in [5.41, 5.74) is 3.74. The summed E-state index contributed by atoms with van der Waals surface area (Å²) in [6.07, 6.45) is 5.72. The summed E-state index contributed by atoms with van der Waals surface area (Å²) in [4.78, 5) is 0. The molecule has 0 amide bonds. The Labute approximate surface area is 155 Å². The van der Waals surface area contributed by atoms with Crippen LogP contribution in [-0.2, 0) is 0 Å². The zero-order valence-corrected chi connectivity index (χ0v) is 15.2. The summed E-state index contributed by atoms with van der Waals surface area (Å²) < 4.78 is 1.03. The third-order valence-electron chi connectivity index (χ3n) is 4.25. The second-order valence-electron chi connectivity index (χ2n) is 5.86. The summed E-state index contributed by atoms with van der Waals surface area (Å²) in [5, 5.41) is 23.6. The lowest BCUT2D eigenvalue weighted by Gasteiger charge is -2.21. The molecule has 0 aliphatic carbocycles. The first-order valence-electron chi connectivity index (χ1n) is 8.03. The fourth-order valence-corrected chi connectivity index (χ4v) is 3.18. The van der Waals surface area contributed by atoms with Crippen molar-refractivity contribution in [1.82, 2.24) is 5.06 Å². The number of halogens is 1. The van der Waals surface area contributed by atoms with Crippen molar-refractivity contribution in [3.05, 3.63) is 94.1 Å².